The summed E-state index contributed by atoms with van der Waals surface area (Å²) in [7, 11) is 3.38. The Kier molecular flexibility index (Phi) is 4.88. The molecular weight excluding hydrogens is 361 g/mol. The molecule has 3 rings (SSSR count). The molecule has 0 spiro atoms. The lowest BCUT2D eigenvalue weighted by atomic mass is 10.2. The molecule has 1 aromatic heterocycles. The number of para-hydroxylation sites is 2. The number of likely N-dealkylation sites (N-methyl/N-ethyl adjacent to an activating group) is 1. The first-order valence-electron chi connectivity index (χ1n) is 7.70. The van der Waals surface area contributed by atoms with Gasteiger partial charge in [0.2, 0.25) is 5.91 Å². The normalized spacial score (nSPS) is 11.0. The summed E-state index contributed by atoms with van der Waals surface area (Å²) in [6.45, 7) is 0.316. The Balaban J connectivity index is 1.83. The second kappa shape index (κ2) is 6.94. The van der Waals surface area contributed by atoms with Crippen LogP contribution in [0, 0.1) is 0 Å². The summed E-state index contributed by atoms with van der Waals surface area (Å²) in [5, 5.41) is 1.06. The summed E-state index contributed by atoms with van der Waals surface area (Å²) in [6, 6.07) is 12.6. The number of halogens is 2. The van der Waals surface area contributed by atoms with Crippen LogP contribution < -0.4 is 5.69 Å². The van der Waals surface area contributed by atoms with E-state index in [1.807, 2.05) is 24.3 Å². The van der Waals surface area contributed by atoms with Crippen LogP contribution in [-0.4, -0.2) is 27.0 Å². The molecule has 130 valence electrons. The van der Waals surface area contributed by atoms with E-state index in [0.717, 1.165) is 16.6 Å². The van der Waals surface area contributed by atoms with Gasteiger partial charge in [0.15, 0.2) is 0 Å². The summed E-state index contributed by atoms with van der Waals surface area (Å²) in [5.41, 5.74) is 2.12. The van der Waals surface area contributed by atoms with Crippen molar-refractivity contribution in [2.45, 2.75) is 13.1 Å². The van der Waals surface area contributed by atoms with Gasteiger partial charge in [0.1, 0.15) is 6.54 Å². The third-order valence-electron chi connectivity index (χ3n) is 4.19. The van der Waals surface area contributed by atoms with Crippen molar-refractivity contribution in [2.24, 2.45) is 7.05 Å². The van der Waals surface area contributed by atoms with Gasteiger partial charge in [-0.15, -0.1) is 0 Å². The first-order valence-corrected chi connectivity index (χ1v) is 8.46. The maximum absolute atomic E-state index is 12.6. The number of carbonyl (C=O) groups excluding carboxylic acids is 1. The van der Waals surface area contributed by atoms with E-state index < -0.39 is 0 Å². The lowest BCUT2D eigenvalue weighted by Crippen LogP contribution is -2.33. The Hall–Kier alpha value is -2.24. The molecule has 25 heavy (non-hydrogen) atoms. The summed E-state index contributed by atoms with van der Waals surface area (Å²) in [4.78, 5) is 26.5. The standard InChI is InChI=1S/C18H17Cl2N3O2/c1-21(10-12-7-8-13(19)9-14(12)20)17(24)11-23-16-6-4-3-5-15(16)22(2)18(23)25/h3-9H,10-11H2,1-2H3. The largest absolute Gasteiger partial charge is 0.340 e. The van der Waals surface area contributed by atoms with Gasteiger partial charge in [-0.2, -0.15) is 0 Å². The number of imidazole rings is 1. The molecular formula is C18H17Cl2N3O2. The Morgan fingerprint density at radius 2 is 1.80 bits per heavy atom. The second-order valence-corrected chi connectivity index (χ2v) is 6.75. The Labute approximate surface area is 155 Å². The second-order valence-electron chi connectivity index (χ2n) is 5.90. The zero-order valence-electron chi connectivity index (χ0n) is 13.9. The highest BCUT2D eigenvalue weighted by atomic mass is 35.5. The molecule has 3 aromatic rings. The van der Waals surface area contributed by atoms with Gasteiger partial charge in [-0.05, 0) is 29.8 Å². The molecule has 0 aliphatic rings. The average Bonchev–Trinajstić information content (AvgIpc) is 2.82. The highest BCUT2D eigenvalue weighted by molar-refractivity contribution is 6.35. The molecule has 0 aliphatic heterocycles. The maximum atomic E-state index is 12.6. The molecule has 0 radical (unpaired) electrons. The number of fused-ring (bicyclic) bond motifs is 1. The monoisotopic (exact) mass is 377 g/mol. The van der Waals surface area contributed by atoms with Crippen molar-refractivity contribution >= 4 is 40.1 Å². The molecule has 0 aliphatic carbocycles. The SMILES string of the molecule is CN(Cc1ccc(Cl)cc1Cl)C(=O)Cn1c(=O)n(C)c2ccccc21. The molecule has 0 bridgehead atoms. The molecule has 5 nitrogen and oxygen atoms in total. The predicted octanol–water partition coefficient (Wildman–Crippen LogP) is 3.31. The van der Waals surface area contributed by atoms with Crippen molar-refractivity contribution in [3.63, 3.8) is 0 Å². The number of amides is 1. The van der Waals surface area contributed by atoms with Crippen molar-refractivity contribution in [3.05, 3.63) is 68.6 Å². The first kappa shape index (κ1) is 17.6. The van der Waals surface area contributed by atoms with E-state index in [1.54, 1.807) is 41.8 Å². The van der Waals surface area contributed by atoms with Crippen LogP contribution in [0.25, 0.3) is 11.0 Å². The fourth-order valence-corrected chi connectivity index (χ4v) is 3.23. The molecule has 0 fully saturated rings. The highest BCUT2D eigenvalue weighted by Gasteiger charge is 2.16. The van der Waals surface area contributed by atoms with Gasteiger partial charge in [-0.1, -0.05) is 41.4 Å². The quantitative estimate of drug-likeness (QED) is 0.700. The van der Waals surface area contributed by atoms with E-state index in [0.29, 0.717) is 16.6 Å². The van der Waals surface area contributed by atoms with Crippen molar-refractivity contribution < 1.29 is 4.79 Å². The summed E-state index contributed by atoms with van der Waals surface area (Å²) < 4.78 is 3.02. The highest BCUT2D eigenvalue weighted by Crippen LogP contribution is 2.22. The van der Waals surface area contributed by atoms with Crippen LogP contribution in [0.3, 0.4) is 0 Å². The van der Waals surface area contributed by atoms with Gasteiger partial charge in [0, 0.05) is 30.7 Å². The molecule has 7 heteroatoms. The van der Waals surface area contributed by atoms with E-state index in [1.165, 1.54) is 4.57 Å². The summed E-state index contributed by atoms with van der Waals surface area (Å²) in [6.07, 6.45) is 0. The minimum absolute atomic E-state index is 0.0259. The van der Waals surface area contributed by atoms with Crippen LogP contribution in [-0.2, 0) is 24.9 Å². The molecule has 1 amide bonds. The number of aromatic nitrogens is 2. The zero-order valence-corrected chi connectivity index (χ0v) is 15.4. The summed E-state index contributed by atoms with van der Waals surface area (Å²) in [5.74, 6) is -0.176. The van der Waals surface area contributed by atoms with Gasteiger partial charge in [0.25, 0.3) is 0 Å². The Morgan fingerprint density at radius 1 is 1.12 bits per heavy atom. The zero-order chi connectivity index (χ0) is 18.1. The Morgan fingerprint density at radius 3 is 2.48 bits per heavy atom. The van der Waals surface area contributed by atoms with Crippen LogP contribution in [0.4, 0.5) is 0 Å². The smallest absolute Gasteiger partial charge is 0.329 e. The molecule has 0 N–H and O–H groups in total. The van der Waals surface area contributed by atoms with E-state index >= 15 is 0 Å². The predicted molar refractivity (Wildman–Crippen MR) is 100 cm³/mol. The van der Waals surface area contributed by atoms with Crippen molar-refractivity contribution in [1.82, 2.24) is 14.0 Å². The number of benzene rings is 2. The maximum Gasteiger partial charge on any atom is 0.329 e. The minimum Gasteiger partial charge on any atom is -0.340 e. The fourth-order valence-electron chi connectivity index (χ4n) is 2.77. The van der Waals surface area contributed by atoms with Crippen LogP contribution in [0.1, 0.15) is 5.56 Å². The summed E-state index contributed by atoms with van der Waals surface area (Å²) >= 11 is 12.1. The molecule has 0 saturated carbocycles. The van der Waals surface area contributed by atoms with Crippen LogP contribution in [0.15, 0.2) is 47.3 Å². The minimum atomic E-state index is -0.215. The number of hydrogen-bond donors (Lipinski definition) is 0. The van der Waals surface area contributed by atoms with E-state index in [4.69, 9.17) is 23.2 Å². The van der Waals surface area contributed by atoms with Gasteiger partial charge in [-0.3, -0.25) is 13.9 Å². The van der Waals surface area contributed by atoms with Crippen molar-refractivity contribution in [3.8, 4) is 0 Å². The third kappa shape index (κ3) is 3.43. The molecule has 2 aromatic carbocycles. The topological polar surface area (TPSA) is 47.2 Å². The van der Waals surface area contributed by atoms with Crippen LogP contribution >= 0.6 is 23.2 Å². The molecule has 1 heterocycles. The molecule has 0 saturated heterocycles. The third-order valence-corrected chi connectivity index (χ3v) is 4.78. The van der Waals surface area contributed by atoms with E-state index in [9.17, 15) is 9.59 Å². The molecule has 0 unspecified atom stereocenters. The lowest BCUT2D eigenvalue weighted by Gasteiger charge is -2.18. The van der Waals surface area contributed by atoms with Gasteiger partial charge >= 0.3 is 5.69 Å². The number of nitrogens with zero attached hydrogens (tertiary/aromatic N) is 3. The number of hydrogen-bond acceptors (Lipinski definition) is 2. The van der Waals surface area contributed by atoms with Gasteiger partial charge < -0.3 is 4.90 Å². The molecule has 0 atom stereocenters. The number of carbonyl (C=O) groups is 1. The number of rotatable bonds is 4. The fraction of sp³-hybridized carbons (Fsp3) is 0.222. The van der Waals surface area contributed by atoms with Crippen molar-refractivity contribution in [2.75, 3.05) is 7.05 Å². The number of aryl methyl sites for hydroxylation is 1. The van der Waals surface area contributed by atoms with Gasteiger partial charge in [-0.25, -0.2) is 4.79 Å². The van der Waals surface area contributed by atoms with E-state index in [-0.39, 0.29) is 18.1 Å². The van der Waals surface area contributed by atoms with Crippen LogP contribution in [0.5, 0.6) is 0 Å². The lowest BCUT2D eigenvalue weighted by molar-refractivity contribution is -0.131. The van der Waals surface area contributed by atoms with Crippen LogP contribution in [0.2, 0.25) is 10.0 Å². The van der Waals surface area contributed by atoms with E-state index in [2.05, 4.69) is 0 Å². The van der Waals surface area contributed by atoms with Gasteiger partial charge in [0.05, 0.1) is 11.0 Å². The van der Waals surface area contributed by atoms with Crippen molar-refractivity contribution in [1.29, 1.82) is 0 Å². The average molecular weight is 378 g/mol. The Bertz CT molecular complexity index is 1010. The first-order chi connectivity index (χ1) is 11.9.